The SMILES string of the molecule is O=C(NCCNc1ncccc1S(=O)(=O)N1CCCCC1)c1c(F)cccc1F. The van der Waals surface area contributed by atoms with Crippen LogP contribution < -0.4 is 10.6 Å². The number of carbonyl (C=O) groups is 1. The summed E-state index contributed by atoms with van der Waals surface area (Å²) in [6.45, 7) is 1.09. The molecule has 2 heterocycles. The molecule has 1 aliphatic rings. The second kappa shape index (κ2) is 9.27. The fourth-order valence-corrected chi connectivity index (χ4v) is 4.77. The third-order valence-corrected chi connectivity index (χ3v) is 6.53. The van der Waals surface area contributed by atoms with Gasteiger partial charge in [-0.2, -0.15) is 4.31 Å². The van der Waals surface area contributed by atoms with Crippen LogP contribution in [0, 0.1) is 11.6 Å². The summed E-state index contributed by atoms with van der Waals surface area (Å²) in [4.78, 5) is 16.1. The van der Waals surface area contributed by atoms with Crippen molar-refractivity contribution in [1.82, 2.24) is 14.6 Å². The molecule has 3 rings (SSSR count). The molecule has 7 nitrogen and oxygen atoms in total. The quantitative estimate of drug-likeness (QED) is 0.666. The van der Waals surface area contributed by atoms with Gasteiger partial charge >= 0.3 is 0 Å². The molecule has 156 valence electrons. The van der Waals surface area contributed by atoms with Gasteiger partial charge in [-0.25, -0.2) is 22.2 Å². The van der Waals surface area contributed by atoms with Crippen molar-refractivity contribution in [3.8, 4) is 0 Å². The number of rotatable bonds is 7. The van der Waals surface area contributed by atoms with Crippen LogP contribution in [0.15, 0.2) is 41.4 Å². The van der Waals surface area contributed by atoms with Crippen LogP contribution in [0.3, 0.4) is 0 Å². The standard InChI is InChI=1S/C19H22F2N4O3S/c20-14-6-4-7-15(21)17(14)19(26)24-11-10-23-18-16(8-5-9-22-18)29(27,28)25-12-2-1-3-13-25/h4-9H,1-3,10-13H2,(H,22,23)(H,24,26). The largest absolute Gasteiger partial charge is 0.367 e. The van der Waals surface area contributed by atoms with Crippen LogP contribution in [-0.4, -0.2) is 49.8 Å². The molecule has 0 radical (unpaired) electrons. The summed E-state index contributed by atoms with van der Waals surface area (Å²) in [6, 6.07) is 6.20. The Labute approximate surface area is 168 Å². The molecule has 2 N–H and O–H groups in total. The molecule has 1 amide bonds. The van der Waals surface area contributed by atoms with Crippen molar-refractivity contribution in [3.05, 3.63) is 53.7 Å². The van der Waals surface area contributed by atoms with Crippen LogP contribution in [0.1, 0.15) is 29.6 Å². The van der Waals surface area contributed by atoms with E-state index in [-0.39, 0.29) is 23.8 Å². The topological polar surface area (TPSA) is 91.4 Å². The number of hydrogen-bond acceptors (Lipinski definition) is 5. The molecule has 29 heavy (non-hydrogen) atoms. The number of halogens is 2. The number of nitrogens with one attached hydrogen (secondary N) is 2. The first-order valence-electron chi connectivity index (χ1n) is 9.32. The molecule has 10 heteroatoms. The minimum Gasteiger partial charge on any atom is -0.367 e. The number of amides is 1. The van der Waals surface area contributed by atoms with E-state index in [4.69, 9.17) is 0 Å². The van der Waals surface area contributed by atoms with Gasteiger partial charge in [-0.1, -0.05) is 12.5 Å². The normalized spacial score (nSPS) is 15.1. The lowest BCUT2D eigenvalue weighted by molar-refractivity contribution is 0.0946. The van der Waals surface area contributed by atoms with Gasteiger partial charge in [0, 0.05) is 32.4 Å². The second-order valence-electron chi connectivity index (χ2n) is 6.59. The fourth-order valence-electron chi connectivity index (χ4n) is 3.14. The summed E-state index contributed by atoms with van der Waals surface area (Å²) in [5.74, 6) is -2.61. The van der Waals surface area contributed by atoms with E-state index in [0.717, 1.165) is 31.4 Å². The number of piperidine rings is 1. The van der Waals surface area contributed by atoms with Crippen LogP contribution in [0.2, 0.25) is 0 Å². The molecule has 0 spiro atoms. The molecule has 0 unspecified atom stereocenters. The molecule has 1 aromatic carbocycles. The molecule has 2 aromatic rings. The number of nitrogens with zero attached hydrogens (tertiary/aromatic N) is 2. The number of pyridine rings is 1. The molecule has 0 saturated carbocycles. The second-order valence-corrected chi connectivity index (χ2v) is 8.50. The highest BCUT2D eigenvalue weighted by molar-refractivity contribution is 7.89. The number of aromatic nitrogens is 1. The predicted molar refractivity (Wildman–Crippen MR) is 104 cm³/mol. The fraction of sp³-hybridized carbons (Fsp3) is 0.368. The van der Waals surface area contributed by atoms with Gasteiger partial charge in [0.05, 0.1) is 0 Å². The maximum Gasteiger partial charge on any atom is 0.257 e. The average Bonchev–Trinajstić information content (AvgIpc) is 2.72. The van der Waals surface area contributed by atoms with Crippen LogP contribution in [-0.2, 0) is 10.0 Å². The number of carbonyl (C=O) groups excluding carboxylic acids is 1. The number of hydrogen-bond donors (Lipinski definition) is 2. The summed E-state index contributed by atoms with van der Waals surface area (Å²) in [5.41, 5.74) is -0.654. The van der Waals surface area contributed by atoms with Gasteiger partial charge in [0.1, 0.15) is 27.9 Å². The maximum absolute atomic E-state index is 13.6. The van der Waals surface area contributed by atoms with E-state index in [0.29, 0.717) is 13.1 Å². The van der Waals surface area contributed by atoms with Crippen LogP contribution in [0.5, 0.6) is 0 Å². The monoisotopic (exact) mass is 424 g/mol. The van der Waals surface area contributed by atoms with Crippen molar-refractivity contribution in [2.75, 3.05) is 31.5 Å². The van der Waals surface area contributed by atoms with Crippen molar-refractivity contribution in [2.24, 2.45) is 0 Å². The predicted octanol–water partition coefficient (Wildman–Crippen LogP) is 2.38. The van der Waals surface area contributed by atoms with E-state index in [1.807, 2.05) is 0 Å². The van der Waals surface area contributed by atoms with Gasteiger partial charge in [0.15, 0.2) is 0 Å². The zero-order valence-corrected chi connectivity index (χ0v) is 16.5. The molecular weight excluding hydrogens is 402 g/mol. The van der Waals surface area contributed by atoms with E-state index in [9.17, 15) is 22.0 Å². The van der Waals surface area contributed by atoms with Gasteiger partial charge in [-0.3, -0.25) is 4.79 Å². The van der Waals surface area contributed by atoms with Crippen LogP contribution >= 0.6 is 0 Å². The van der Waals surface area contributed by atoms with Crippen molar-refractivity contribution >= 4 is 21.7 Å². The van der Waals surface area contributed by atoms with E-state index in [1.54, 1.807) is 6.07 Å². The Bertz CT molecular complexity index is 959. The van der Waals surface area contributed by atoms with E-state index >= 15 is 0 Å². The summed E-state index contributed by atoms with van der Waals surface area (Å²) in [7, 11) is -3.68. The lowest BCUT2D eigenvalue weighted by Crippen LogP contribution is -2.36. The first-order valence-corrected chi connectivity index (χ1v) is 10.8. The number of anilines is 1. The third-order valence-electron chi connectivity index (χ3n) is 4.60. The first-order chi connectivity index (χ1) is 13.9. The Morgan fingerprint density at radius 2 is 1.72 bits per heavy atom. The van der Waals surface area contributed by atoms with Crippen molar-refractivity contribution in [2.45, 2.75) is 24.2 Å². The Morgan fingerprint density at radius 3 is 2.41 bits per heavy atom. The molecule has 0 atom stereocenters. The highest BCUT2D eigenvalue weighted by Gasteiger charge is 2.28. The summed E-state index contributed by atoms with van der Waals surface area (Å²) in [6.07, 6.45) is 4.11. The Kier molecular flexibility index (Phi) is 6.75. The van der Waals surface area contributed by atoms with Gasteiger partial charge in [-0.15, -0.1) is 0 Å². The summed E-state index contributed by atoms with van der Waals surface area (Å²) < 4.78 is 54.5. The zero-order chi connectivity index (χ0) is 20.9. The third kappa shape index (κ3) is 4.88. The maximum atomic E-state index is 13.6. The zero-order valence-electron chi connectivity index (χ0n) is 15.7. The van der Waals surface area contributed by atoms with E-state index < -0.39 is 33.1 Å². The van der Waals surface area contributed by atoms with Gasteiger partial charge in [0.25, 0.3) is 5.91 Å². The molecular formula is C19H22F2N4O3S. The molecule has 1 fully saturated rings. The average molecular weight is 424 g/mol. The minimum absolute atomic E-state index is 0.0202. The highest BCUT2D eigenvalue weighted by Crippen LogP contribution is 2.25. The lowest BCUT2D eigenvalue weighted by Gasteiger charge is -2.26. The van der Waals surface area contributed by atoms with Crippen LogP contribution in [0.25, 0.3) is 0 Å². The van der Waals surface area contributed by atoms with Crippen molar-refractivity contribution in [3.63, 3.8) is 0 Å². The minimum atomic E-state index is -3.68. The van der Waals surface area contributed by atoms with Crippen molar-refractivity contribution in [1.29, 1.82) is 0 Å². The van der Waals surface area contributed by atoms with Gasteiger partial charge < -0.3 is 10.6 Å². The van der Waals surface area contributed by atoms with Crippen molar-refractivity contribution < 1.29 is 22.0 Å². The van der Waals surface area contributed by atoms with E-state index in [2.05, 4.69) is 15.6 Å². The smallest absolute Gasteiger partial charge is 0.257 e. The molecule has 0 aliphatic carbocycles. The highest BCUT2D eigenvalue weighted by atomic mass is 32.2. The van der Waals surface area contributed by atoms with Gasteiger partial charge in [0.2, 0.25) is 10.0 Å². The molecule has 0 bridgehead atoms. The number of sulfonamides is 1. The van der Waals surface area contributed by atoms with Crippen LogP contribution in [0.4, 0.5) is 14.6 Å². The Balaban J connectivity index is 1.63. The molecule has 1 saturated heterocycles. The number of benzene rings is 1. The van der Waals surface area contributed by atoms with E-state index in [1.165, 1.54) is 22.6 Å². The summed E-state index contributed by atoms with van der Waals surface area (Å²) in [5, 5.41) is 5.28. The first kappa shape index (κ1) is 21.1. The Hall–Kier alpha value is -2.59. The summed E-state index contributed by atoms with van der Waals surface area (Å²) >= 11 is 0. The Morgan fingerprint density at radius 1 is 1.03 bits per heavy atom. The van der Waals surface area contributed by atoms with Gasteiger partial charge in [-0.05, 0) is 37.1 Å². The molecule has 1 aromatic heterocycles. The lowest BCUT2D eigenvalue weighted by atomic mass is 10.2. The molecule has 1 aliphatic heterocycles.